The number of aliphatic hydroxyl groups is 1. The van der Waals surface area contributed by atoms with Crippen molar-refractivity contribution in [3.63, 3.8) is 0 Å². The van der Waals surface area contributed by atoms with Crippen molar-refractivity contribution in [1.29, 1.82) is 0 Å². The Labute approximate surface area is 103 Å². The molecule has 18 heavy (non-hydrogen) atoms. The Morgan fingerprint density at radius 3 is 2.33 bits per heavy atom. The van der Waals surface area contributed by atoms with Gasteiger partial charge in [0.05, 0.1) is 19.7 Å². The molecule has 0 heterocycles. The van der Waals surface area contributed by atoms with Crippen LogP contribution in [0.25, 0.3) is 0 Å². The zero-order chi connectivity index (χ0) is 14.1. The lowest BCUT2D eigenvalue weighted by Gasteiger charge is -2.27. The van der Waals surface area contributed by atoms with E-state index in [1.54, 1.807) is 0 Å². The molecule has 8 heteroatoms. The maximum atomic E-state index is 12.2. The van der Waals surface area contributed by atoms with Crippen molar-refractivity contribution in [2.75, 3.05) is 32.8 Å². The number of carboxylic acid groups (broad SMARTS) is 1. The molecule has 2 N–H and O–H groups in total. The predicted octanol–water partition coefficient (Wildman–Crippen LogP) is -0.314. The maximum absolute atomic E-state index is 12.2. The highest BCUT2D eigenvalue weighted by Crippen LogP contribution is 2.03. The van der Waals surface area contributed by atoms with Gasteiger partial charge in [0.1, 0.15) is 6.54 Å². The van der Waals surface area contributed by atoms with Crippen LogP contribution >= 0.6 is 0 Å². The highest BCUT2D eigenvalue weighted by atomic mass is 19.3. The molecule has 0 spiro atoms. The lowest BCUT2D eigenvalue weighted by Crippen LogP contribution is -2.48. The van der Waals surface area contributed by atoms with Crippen molar-refractivity contribution in [2.45, 2.75) is 6.43 Å². The van der Waals surface area contributed by atoms with E-state index < -0.39 is 38.1 Å². The SMILES string of the molecule is C#CCN(CC(=O)O)C(=O)N(CCO)CC(F)F. The number of amides is 2. The van der Waals surface area contributed by atoms with Crippen LogP contribution in [0.2, 0.25) is 0 Å². The van der Waals surface area contributed by atoms with Crippen LogP contribution < -0.4 is 0 Å². The van der Waals surface area contributed by atoms with Gasteiger partial charge in [-0.05, 0) is 0 Å². The van der Waals surface area contributed by atoms with Gasteiger partial charge in [-0.15, -0.1) is 6.42 Å². The van der Waals surface area contributed by atoms with Crippen LogP contribution in [0.5, 0.6) is 0 Å². The third-order valence-corrected chi connectivity index (χ3v) is 1.88. The molecule has 0 fully saturated rings. The average Bonchev–Trinajstić information content (AvgIpc) is 2.26. The summed E-state index contributed by atoms with van der Waals surface area (Å²) < 4.78 is 24.5. The quantitative estimate of drug-likeness (QED) is 0.618. The fourth-order valence-corrected chi connectivity index (χ4v) is 1.22. The van der Waals surface area contributed by atoms with E-state index >= 15 is 0 Å². The Balaban J connectivity index is 4.76. The minimum Gasteiger partial charge on any atom is -0.480 e. The number of urea groups is 1. The first-order valence-corrected chi connectivity index (χ1v) is 5.00. The molecule has 0 atom stereocenters. The highest BCUT2D eigenvalue weighted by Gasteiger charge is 2.24. The number of carboxylic acids is 1. The molecule has 0 aromatic carbocycles. The number of rotatable bonds is 7. The number of hydrogen-bond donors (Lipinski definition) is 2. The molecule has 0 saturated heterocycles. The van der Waals surface area contributed by atoms with Crippen LogP contribution in [0, 0.1) is 12.3 Å². The molecule has 0 aromatic rings. The van der Waals surface area contributed by atoms with E-state index in [0.717, 1.165) is 4.90 Å². The molecule has 0 aromatic heterocycles. The first-order valence-electron chi connectivity index (χ1n) is 5.00. The lowest BCUT2D eigenvalue weighted by atomic mass is 10.4. The Hall–Kier alpha value is -1.88. The molecule has 0 unspecified atom stereocenters. The molecule has 0 rings (SSSR count). The Morgan fingerprint density at radius 1 is 1.33 bits per heavy atom. The fourth-order valence-electron chi connectivity index (χ4n) is 1.22. The Bertz CT molecular complexity index is 330. The third kappa shape index (κ3) is 6.00. The molecule has 0 radical (unpaired) electrons. The van der Waals surface area contributed by atoms with Crippen LogP contribution in [-0.4, -0.2) is 71.2 Å². The van der Waals surface area contributed by atoms with Crippen molar-refractivity contribution in [3.05, 3.63) is 0 Å². The number of hydrogen-bond acceptors (Lipinski definition) is 3. The van der Waals surface area contributed by atoms with Gasteiger partial charge in [0.25, 0.3) is 6.43 Å². The van der Waals surface area contributed by atoms with Gasteiger partial charge in [0.2, 0.25) is 0 Å². The first kappa shape index (κ1) is 16.1. The number of terminal acetylenes is 1. The summed E-state index contributed by atoms with van der Waals surface area (Å²) in [5.74, 6) is 0.764. The van der Waals surface area contributed by atoms with Crippen molar-refractivity contribution < 1.29 is 28.6 Å². The Morgan fingerprint density at radius 2 is 1.94 bits per heavy atom. The molecule has 0 bridgehead atoms. The average molecular weight is 264 g/mol. The smallest absolute Gasteiger partial charge is 0.323 e. The minimum absolute atomic E-state index is 0.309. The standard InChI is InChI=1S/C10H14F2N2O4/c1-2-3-13(7-9(16)17)10(18)14(4-5-15)6-8(11)12/h1,8,15H,3-7H2,(H,16,17). The summed E-state index contributed by atoms with van der Waals surface area (Å²) in [6.45, 7) is -2.70. The van der Waals surface area contributed by atoms with E-state index in [0.29, 0.717) is 4.90 Å². The molecule has 0 aliphatic heterocycles. The maximum Gasteiger partial charge on any atom is 0.323 e. The summed E-state index contributed by atoms with van der Waals surface area (Å²) in [6, 6.07) is -0.940. The number of aliphatic carboxylic acids is 1. The van der Waals surface area contributed by atoms with Crippen molar-refractivity contribution in [2.24, 2.45) is 0 Å². The van der Waals surface area contributed by atoms with E-state index in [4.69, 9.17) is 16.6 Å². The third-order valence-electron chi connectivity index (χ3n) is 1.88. The minimum atomic E-state index is -2.78. The number of carbonyl (C=O) groups is 2. The van der Waals surface area contributed by atoms with E-state index in [1.165, 1.54) is 0 Å². The number of nitrogens with zero attached hydrogens (tertiary/aromatic N) is 2. The van der Waals surface area contributed by atoms with Crippen LogP contribution in [0.1, 0.15) is 0 Å². The lowest BCUT2D eigenvalue weighted by molar-refractivity contribution is -0.137. The van der Waals surface area contributed by atoms with Gasteiger partial charge in [0.15, 0.2) is 0 Å². The summed E-state index contributed by atoms with van der Waals surface area (Å²) in [7, 11) is 0. The number of carbonyl (C=O) groups excluding carboxylic acids is 1. The molecule has 102 valence electrons. The number of alkyl halides is 2. The molecule has 0 aliphatic carbocycles. The molecule has 6 nitrogen and oxygen atoms in total. The van der Waals surface area contributed by atoms with Crippen molar-refractivity contribution >= 4 is 12.0 Å². The number of aliphatic hydroxyl groups excluding tert-OH is 1. The van der Waals surface area contributed by atoms with Crippen molar-refractivity contribution in [3.8, 4) is 12.3 Å². The van der Waals surface area contributed by atoms with Gasteiger partial charge in [-0.25, -0.2) is 13.6 Å². The summed E-state index contributed by atoms with van der Waals surface area (Å²) in [5, 5.41) is 17.3. The molecule has 0 aliphatic rings. The molecule has 0 saturated carbocycles. The van der Waals surface area contributed by atoms with Gasteiger partial charge in [-0.3, -0.25) is 4.79 Å². The fraction of sp³-hybridized carbons (Fsp3) is 0.600. The van der Waals surface area contributed by atoms with Gasteiger partial charge in [-0.2, -0.15) is 0 Å². The van der Waals surface area contributed by atoms with E-state index in [1.807, 2.05) is 0 Å². The molecular formula is C10H14F2N2O4. The first-order chi connectivity index (χ1) is 8.42. The van der Waals surface area contributed by atoms with Crippen LogP contribution in [0.3, 0.4) is 0 Å². The summed E-state index contributed by atoms with van der Waals surface area (Å²) in [5.41, 5.74) is 0. The second kappa shape index (κ2) is 8.25. The van der Waals surface area contributed by atoms with Crippen LogP contribution in [0.15, 0.2) is 0 Å². The normalized spacial score (nSPS) is 9.94. The van der Waals surface area contributed by atoms with E-state index in [-0.39, 0.29) is 13.1 Å². The van der Waals surface area contributed by atoms with Crippen LogP contribution in [0.4, 0.5) is 13.6 Å². The largest absolute Gasteiger partial charge is 0.480 e. The van der Waals surface area contributed by atoms with Gasteiger partial charge >= 0.3 is 12.0 Å². The molecular weight excluding hydrogens is 250 g/mol. The number of halogens is 2. The zero-order valence-corrected chi connectivity index (χ0v) is 9.55. The second-order valence-electron chi connectivity index (χ2n) is 3.30. The summed E-state index contributed by atoms with van der Waals surface area (Å²) in [4.78, 5) is 23.7. The Kier molecular flexibility index (Phi) is 7.38. The second-order valence-corrected chi connectivity index (χ2v) is 3.30. The highest BCUT2D eigenvalue weighted by molar-refractivity contribution is 5.80. The van der Waals surface area contributed by atoms with E-state index in [9.17, 15) is 18.4 Å². The zero-order valence-electron chi connectivity index (χ0n) is 9.55. The van der Waals surface area contributed by atoms with E-state index in [2.05, 4.69) is 5.92 Å². The monoisotopic (exact) mass is 264 g/mol. The summed E-state index contributed by atoms with van der Waals surface area (Å²) >= 11 is 0. The van der Waals surface area contributed by atoms with Crippen LogP contribution in [-0.2, 0) is 4.79 Å². The topological polar surface area (TPSA) is 81.1 Å². The van der Waals surface area contributed by atoms with Gasteiger partial charge < -0.3 is 20.0 Å². The summed E-state index contributed by atoms with van der Waals surface area (Å²) in [6.07, 6.45) is 2.19. The van der Waals surface area contributed by atoms with Crippen molar-refractivity contribution in [1.82, 2.24) is 9.80 Å². The predicted molar refractivity (Wildman–Crippen MR) is 58.1 cm³/mol. The molecule has 2 amide bonds. The van der Waals surface area contributed by atoms with Gasteiger partial charge in [-0.1, -0.05) is 5.92 Å². The van der Waals surface area contributed by atoms with Gasteiger partial charge in [0, 0.05) is 6.54 Å².